The summed E-state index contributed by atoms with van der Waals surface area (Å²) in [7, 11) is 0. The molecule has 14 heavy (non-hydrogen) atoms. The number of hydrogen-bond donors (Lipinski definition) is 1. The lowest BCUT2D eigenvalue weighted by molar-refractivity contribution is -0.117. The number of carbonyl (C=O) groups excluding carboxylic acids is 1. The van der Waals surface area contributed by atoms with Gasteiger partial charge in [-0.2, -0.15) is 0 Å². The summed E-state index contributed by atoms with van der Waals surface area (Å²) in [5, 5.41) is 0. The number of Topliss-reactive ketones (excluding diaryl/α,β-unsaturated/α-hetero) is 1. The van der Waals surface area contributed by atoms with Crippen molar-refractivity contribution in [3.63, 3.8) is 0 Å². The fraction of sp³-hybridized carbons (Fsp3) is 0.417. The fourth-order valence-corrected chi connectivity index (χ4v) is 1.62. The van der Waals surface area contributed by atoms with Gasteiger partial charge in [-0.05, 0) is 37.0 Å². The summed E-state index contributed by atoms with van der Waals surface area (Å²) in [5.41, 5.74) is 7.61. The maximum atomic E-state index is 10.9. The third-order valence-corrected chi connectivity index (χ3v) is 2.20. The number of nitrogen functional groups attached to an aromatic ring is 1. The molecule has 1 atom stereocenters. The third kappa shape index (κ3) is 3.60. The number of rotatable bonds is 4. The highest BCUT2D eigenvalue weighted by atomic mass is 16.1. The number of ketones is 1. The molecule has 1 aromatic rings. The lowest BCUT2D eigenvalue weighted by Gasteiger charge is -2.09. The third-order valence-electron chi connectivity index (χ3n) is 2.20. The van der Waals surface area contributed by atoms with E-state index in [9.17, 15) is 4.79 Å². The predicted molar refractivity (Wildman–Crippen MR) is 59.0 cm³/mol. The number of hydrogen-bond acceptors (Lipinski definition) is 2. The molecule has 0 radical (unpaired) electrons. The van der Waals surface area contributed by atoms with Crippen molar-refractivity contribution in [2.45, 2.75) is 26.7 Å². The summed E-state index contributed by atoms with van der Waals surface area (Å²) in [5.74, 6) is 0.670. The summed E-state index contributed by atoms with van der Waals surface area (Å²) in [6.07, 6.45) is 1.60. The lowest BCUT2D eigenvalue weighted by Crippen LogP contribution is -2.05. The van der Waals surface area contributed by atoms with Crippen LogP contribution in [0.25, 0.3) is 0 Å². The largest absolute Gasteiger partial charge is 0.399 e. The normalized spacial score (nSPS) is 12.4. The van der Waals surface area contributed by atoms with Gasteiger partial charge in [0.15, 0.2) is 0 Å². The Balaban J connectivity index is 2.51. The SMILES string of the molecule is CC(=O)C[C@@H](C)Cc1ccc(N)cc1. The highest BCUT2D eigenvalue weighted by Gasteiger charge is 2.05. The zero-order valence-electron chi connectivity index (χ0n) is 8.79. The van der Waals surface area contributed by atoms with Crippen LogP contribution in [0.1, 0.15) is 25.8 Å². The first kappa shape index (κ1) is 10.8. The van der Waals surface area contributed by atoms with E-state index in [1.165, 1.54) is 5.56 Å². The Morgan fingerprint density at radius 2 is 1.93 bits per heavy atom. The molecule has 0 saturated heterocycles. The van der Waals surface area contributed by atoms with Crippen LogP contribution in [-0.4, -0.2) is 5.78 Å². The van der Waals surface area contributed by atoms with Crippen molar-refractivity contribution in [2.75, 3.05) is 5.73 Å². The van der Waals surface area contributed by atoms with E-state index in [1.807, 2.05) is 24.3 Å². The zero-order chi connectivity index (χ0) is 10.6. The molecular formula is C12H17NO. The van der Waals surface area contributed by atoms with Gasteiger partial charge in [-0.1, -0.05) is 19.1 Å². The average Bonchev–Trinajstić information content (AvgIpc) is 2.07. The van der Waals surface area contributed by atoms with Gasteiger partial charge in [-0.15, -0.1) is 0 Å². The van der Waals surface area contributed by atoms with Crippen molar-refractivity contribution in [2.24, 2.45) is 5.92 Å². The van der Waals surface area contributed by atoms with Crippen molar-refractivity contribution in [3.8, 4) is 0 Å². The molecule has 76 valence electrons. The van der Waals surface area contributed by atoms with Crippen LogP contribution in [0.2, 0.25) is 0 Å². The van der Waals surface area contributed by atoms with Crippen LogP contribution in [-0.2, 0) is 11.2 Å². The van der Waals surface area contributed by atoms with Crippen molar-refractivity contribution < 1.29 is 4.79 Å². The molecule has 0 heterocycles. The first-order valence-corrected chi connectivity index (χ1v) is 4.92. The van der Waals surface area contributed by atoms with E-state index in [4.69, 9.17) is 5.73 Å². The smallest absolute Gasteiger partial charge is 0.130 e. The van der Waals surface area contributed by atoms with Gasteiger partial charge in [0.2, 0.25) is 0 Å². The maximum absolute atomic E-state index is 10.9. The predicted octanol–water partition coefficient (Wildman–Crippen LogP) is 2.43. The fourth-order valence-electron chi connectivity index (χ4n) is 1.62. The summed E-state index contributed by atoms with van der Waals surface area (Å²) in [6, 6.07) is 7.84. The summed E-state index contributed by atoms with van der Waals surface area (Å²) in [6.45, 7) is 3.73. The summed E-state index contributed by atoms with van der Waals surface area (Å²) < 4.78 is 0. The van der Waals surface area contributed by atoms with Crippen LogP contribution >= 0.6 is 0 Å². The van der Waals surface area contributed by atoms with E-state index in [2.05, 4.69) is 6.92 Å². The average molecular weight is 191 g/mol. The minimum Gasteiger partial charge on any atom is -0.399 e. The van der Waals surface area contributed by atoms with Crippen LogP contribution in [0.5, 0.6) is 0 Å². The lowest BCUT2D eigenvalue weighted by atomic mass is 9.96. The molecule has 0 bridgehead atoms. The van der Waals surface area contributed by atoms with Gasteiger partial charge in [-0.3, -0.25) is 0 Å². The molecule has 0 aliphatic heterocycles. The van der Waals surface area contributed by atoms with Gasteiger partial charge in [-0.25, -0.2) is 0 Å². The highest BCUT2D eigenvalue weighted by molar-refractivity contribution is 5.75. The van der Waals surface area contributed by atoms with Crippen molar-refractivity contribution in [3.05, 3.63) is 29.8 Å². The molecule has 0 spiro atoms. The van der Waals surface area contributed by atoms with Gasteiger partial charge >= 0.3 is 0 Å². The van der Waals surface area contributed by atoms with E-state index in [1.54, 1.807) is 6.92 Å². The molecule has 0 amide bonds. The number of anilines is 1. The van der Waals surface area contributed by atoms with Crippen LogP contribution in [0.3, 0.4) is 0 Å². The molecular weight excluding hydrogens is 174 g/mol. The maximum Gasteiger partial charge on any atom is 0.130 e. The Morgan fingerprint density at radius 1 is 1.36 bits per heavy atom. The molecule has 2 nitrogen and oxygen atoms in total. The van der Waals surface area contributed by atoms with Gasteiger partial charge < -0.3 is 10.5 Å². The Hall–Kier alpha value is -1.31. The molecule has 2 N–H and O–H groups in total. The van der Waals surface area contributed by atoms with Gasteiger partial charge in [0.25, 0.3) is 0 Å². The number of carbonyl (C=O) groups is 1. The Labute approximate surface area is 85.1 Å². The monoisotopic (exact) mass is 191 g/mol. The Morgan fingerprint density at radius 3 is 2.43 bits per heavy atom. The van der Waals surface area contributed by atoms with E-state index >= 15 is 0 Å². The standard InChI is InChI=1S/C12H17NO/c1-9(7-10(2)14)8-11-3-5-12(13)6-4-11/h3-6,9H,7-8,13H2,1-2H3/t9-/m1/s1. The summed E-state index contributed by atoms with van der Waals surface area (Å²) in [4.78, 5) is 10.9. The number of nitrogens with two attached hydrogens (primary N) is 1. The first-order chi connectivity index (χ1) is 6.58. The van der Waals surface area contributed by atoms with Crippen LogP contribution < -0.4 is 5.73 Å². The molecule has 0 aliphatic rings. The number of benzene rings is 1. The first-order valence-electron chi connectivity index (χ1n) is 4.92. The van der Waals surface area contributed by atoms with Crippen molar-refractivity contribution in [1.82, 2.24) is 0 Å². The second kappa shape index (κ2) is 4.80. The molecule has 0 saturated carbocycles. The van der Waals surface area contributed by atoms with E-state index in [-0.39, 0.29) is 5.78 Å². The highest BCUT2D eigenvalue weighted by Crippen LogP contribution is 2.13. The van der Waals surface area contributed by atoms with Crippen LogP contribution in [0, 0.1) is 5.92 Å². The molecule has 1 rings (SSSR count). The second-order valence-electron chi connectivity index (χ2n) is 3.96. The van der Waals surface area contributed by atoms with Gasteiger partial charge in [0.05, 0.1) is 0 Å². The topological polar surface area (TPSA) is 43.1 Å². The van der Waals surface area contributed by atoms with Crippen LogP contribution in [0.15, 0.2) is 24.3 Å². The molecule has 2 heteroatoms. The Bertz CT molecular complexity index is 303. The minimum atomic E-state index is 0.257. The van der Waals surface area contributed by atoms with Crippen LogP contribution in [0.4, 0.5) is 5.69 Å². The van der Waals surface area contributed by atoms with Gasteiger partial charge in [0.1, 0.15) is 5.78 Å². The molecule has 0 fully saturated rings. The van der Waals surface area contributed by atoms with E-state index < -0.39 is 0 Å². The summed E-state index contributed by atoms with van der Waals surface area (Å²) >= 11 is 0. The Kier molecular flexibility index (Phi) is 3.69. The van der Waals surface area contributed by atoms with Crippen molar-refractivity contribution >= 4 is 11.5 Å². The van der Waals surface area contributed by atoms with E-state index in [0.29, 0.717) is 12.3 Å². The molecule has 0 aromatic heterocycles. The molecule has 1 aromatic carbocycles. The zero-order valence-corrected chi connectivity index (χ0v) is 8.79. The second-order valence-corrected chi connectivity index (χ2v) is 3.96. The van der Waals surface area contributed by atoms with Gasteiger partial charge in [0, 0.05) is 12.1 Å². The van der Waals surface area contributed by atoms with Crippen molar-refractivity contribution in [1.29, 1.82) is 0 Å². The molecule has 0 aliphatic carbocycles. The molecule has 0 unspecified atom stereocenters. The van der Waals surface area contributed by atoms with E-state index in [0.717, 1.165) is 12.1 Å². The minimum absolute atomic E-state index is 0.257. The quantitative estimate of drug-likeness (QED) is 0.743.